The predicted molar refractivity (Wildman–Crippen MR) is 84.7 cm³/mol. The van der Waals surface area contributed by atoms with Gasteiger partial charge in [0.05, 0.1) is 16.6 Å². The summed E-state index contributed by atoms with van der Waals surface area (Å²) >= 11 is 9.32. The van der Waals surface area contributed by atoms with Gasteiger partial charge in [0, 0.05) is 17.8 Å². The lowest BCUT2D eigenvalue weighted by Gasteiger charge is -2.04. The summed E-state index contributed by atoms with van der Waals surface area (Å²) in [5.41, 5.74) is 2.48. The van der Waals surface area contributed by atoms with Crippen molar-refractivity contribution in [3.05, 3.63) is 52.6 Å². The van der Waals surface area contributed by atoms with E-state index in [-0.39, 0.29) is 5.28 Å². The van der Waals surface area contributed by atoms with Gasteiger partial charge in [0.2, 0.25) is 5.28 Å². The number of hydrogen-bond acceptors (Lipinski definition) is 4. The molecule has 0 N–H and O–H groups in total. The van der Waals surface area contributed by atoms with E-state index in [9.17, 15) is 0 Å². The first-order chi connectivity index (χ1) is 10.2. The number of fused-ring (bicyclic) bond motifs is 2. The highest BCUT2D eigenvalue weighted by atomic mass is 79.9. The van der Waals surface area contributed by atoms with Crippen molar-refractivity contribution in [3.63, 3.8) is 0 Å². The van der Waals surface area contributed by atoms with Gasteiger partial charge in [0.25, 0.3) is 0 Å². The largest absolute Gasteiger partial charge is 0.256 e. The van der Waals surface area contributed by atoms with Crippen LogP contribution in [0.4, 0.5) is 0 Å². The van der Waals surface area contributed by atoms with Gasteiger partial charge in [-0.05, 0) is 51.8 Å². The summed E-state index contributed by atoms with van der Waals surface area (Å²) in [5, 5.41) is 6.50. The molecule has 0 saturated heterocycles. The fourth-order valence-corrected chi connectivity index (χ4v) is 2.79. The highest BCUT2D eigenvalue weighted by molar-refractivity contribution is 9.10. The van der Waals surface area contributed by atoms with E-state index >= 15 is 0 Å². The Labute approximate surface area is 132 Å². The zero-order chi connectivity index (χ0) is 14.4. The molecule has 3 heterocycles. The van der Waals surface area contributed by atoms with Gasteiger partial charge in [0.15, 0.2) is 5.65 Å². The van der Waals surface area contributed by atoms with Gasteiger partial charge in [-0.25, -0.2) is 9.67 Å². The minimum Gasteiger partial charge on any atom is -0.256 e. The molecular formula is C14H7BrClN5. The van der Waals surface area contributed by atoms with E-state index in [1.165, 1.54) is 0 Å². The fraction of sp³-hybridized carbons (Fsp3) is 0. The number of rotatable bonds is 1. The van der Waals surface area contributed by atoms with Crippen LogP contribution in [0.2, 0.25) is 5.28 Å². The van der Waals surface area contributed by atoms with Crippen molar-refractivity contribution >= 4 is 49.5 Å². The molecule has 0 aliphatic heterocycles. The van der Waals surface area contributed by atoms with Crippen LogP contribution in [0.1, 0.15) is 0 Å². The van der Waals surface area contributed by atoms with E-state index in [2.05, 4.69) is 36.0 Å². The Kier molecular flexibility index (Phi) is 2.87. The molecule has 4 rings (SSSR count). The Balaban J connectivity index is 2.01. The van der Waals surface area contributed by atoms with Crippen molar-refractivity contribution in [3.8, 4) is 5.69 Å². The maximum atomic E-state index is 5.89. The smallest absolute Gasteiger partial charge is 0.224 e. The van der Waals surface area contributed by atoms with Crippen LogP contribution in [0.3, 0.4) is 0 Å². The molecular weight excluding hydrogens is 354 g/mol. The molecule has 7 heteroatoms. The first kappa shape index (κ1) is 12.7. The van der Waals surface area contributed by atoms with E-state index in [1.54, 1.807) is 17.1 Å². The zero-order valence-corrected chi connectivity index (χ0v) is 12.9. The summed E-state index contributed by atoms with van der Waals surface area (Å²) < 4.78 is 2.42. The lowest BCUT2D eigenvalue weighted by atomic mass is 10.2. The summed E-state index contributed by atoms with van der Waals surface area (Å²) in [6, 6.07) is 9.83. The monoisotopic (exact) mass is 359 g/mol. The highest BCUT2D eigenvalue weighted by Gasteiger charge is 2.13. The van der Waals surface area contributed by atoms with Gasteiger partial charge in [-0.1, -0.05) is 6.07 Å². The second-order valence-corrected chi connectivity index (χ2v) is 5.55. The average Bonchev–Trinajstić information content (AvgIpc) is 2.83. The van der Waals surface area contributed by atoms with Crippen LogP contribution in [-0.4, -0.2) is 24.7 Å². The molecule has 0 fully saturated rings. The molecule has 0 bridgehead atoms. The molecule has 0 spiro atoms. The molecule has 0 radical (unpaired) electrons. The summed E-state index contributed by atoms with van der Waals surface area (Å²) in [4.78, 5) is 12.6. The predicted octanol–water partition coefficient (Wildman–Crippen LogP) is 3.78. The molecule has 5 nitrogen and oxygen atoms in total. The van der Waals surface area contributed by atoms with Crippen LogP contribution in [0, 0.1) is 0 Å². The van der Waals surface area contributed by atoms with E-state index in [0.29, 0.717) is 10.3 Å². The Morgan fingerprint density at radius 3 is 2.95 bits per heavy atom. The molecule has 21 heavy (non-hydrogen) atoms. The maximum Gasteiger partial charge on any atom is 0.224 e. The number of aromatic nitrogens is 5. The second-order valence-electron chi connectivity index (χ2n) is 4.46. The van der Waals surface area contributed by atoms with Crippen molar-refractivity contribution in [1.82, 2.24) is 24.7 Å². The fourth-order valence-electron chi connectivity index (χ4n) is 2.22. The zero-order valence-electron chi connectivity index (χ0n) is 10.5. The van der Waals surface area contributed by atoms with Crippen LogP contribution in [0.5, 0.6) is 0 Å². The summed E-state index contributed by atoms with van der Waals surface area (Å²) in [6.45, 7) is 0. The summed E-state index contributed by atoms with van der Waals surface area (Å²) in [6.07, 6.45) is 3.43. The average molecular weight is 361 g/mol. The Morgan fingerprint density at radius 1 is 1.14 bits per heavy atom. The number of pyridine rings is 1. The van der Waals surface area contributed by atoms with Crippen LogP contribution in [0.15, 0.2) is 47.3 Å². The number of nitrogens with zero attached hydrogens (tertiary/aromatic N) is 5. The quantitative estimate of drug-likeness (QED) is 0.485. The highest BCUT2D eigenvalue weighted by Crippen LogP contribution is 2.26. The van der Waals surface area contributed by atoms with Crippen LogP contribution in [0.25, 0.3) is 27.6 Å². The van der Waals surface area contributed by atoms with Crippen LogP contribution >= 0.6 is 27.5 Å². The SMILES string of the molecule is Clc1ncc2c(Br)nn(-c3ccc4ncccc4c3)c2n1. The standard InChI is InChI=1S/C14H7BrClN5/c15-12-10-7-18-14(16)19-13(10)21(20-12)9-3-4-11-8(6-9)2-1-5-17-11/h1-7H. The maximum absolute atomic E-state index is 5.89. The molecule has 0 aliphatic rings. The lowest BCUT2D eigenvalue weighted by Crippen LogP contribution is -1.98. The van der Waals surface area contributed by atoms with Crippen molar-refractivity contribution < 1.29 is 0 Å². The molecule has 0 unspecified atom stereocenters. The lowest BCUT2D eigenvalue weighted by molar-refractivity contribution is 0.886. The number of benzene rings is 1. The summed E-state index contributed by atoms with van der Waals surface area (Å²) in [5.74, 6) is 0. The third-order valence-corrected chi connectivity index (χ3v) is 3.95. The molecule has 0 amide bonds. The Morgan fingerprint density at radius 2 is 2.05 bits per heavy atom. The van der Waals surface area contributed by atoms with Crippen molar-refractivity contribution in [2.45, 2.75) is 0 Å². The normalized spacial score (nSPS) is 11.3. The van der Waals surface area contributed by atoms with Crippen molar-refractivity contribution in [2.75, 3.05) is 0 Å². The minimum absolute atomic E-state index is 0.193. The molecule has 102 valence electrons. The topological polar surface area (TPSA) is 56.5 Å². The van der Waals surface area contributed by atoms with Gasteiger partial charge in [-0.3, -0.25) is 4.98 Å². The molecule has 4 aromatic rings. The molecule has 0 saturated carbocycles. The molecule has 0 atom stereocenters. The third-order valence-electron chi connectivity index (χ3n) is 3.18. The van der Waals surface area contributed by atoms with E-state index in [0.717, 1.165) is 22.0 Å². The van der Waals surface area contributed by atoms with Gasteiger partial charge in [0.1, 0.15) is 4.60 Å². The van der Waals surface area contributed by atoms with Crippen LogP contribution in [-0.2, 0) is 0 Å². The summed E-state index contributed by atoms with van der Waals surface area (Å²) in [7, 11) is 0. The van der Waals surface area contributed by atoms with Gasteiger partial charge in [-0.15, -0.1) is 0 Å². The first-order valence-corrected chi connectivity index (χ1v) is 7.31. The molecule has 3 aromatic heterocycles. The number of hydrogen-bond donors (Lipinski definition) is 0. The first-order valence-electron chi connectivity index (χ1n) is 6.14. The minimum atomic E-state index is 0.193. The van der Waals surface area contributed by atoms with Crippen molar-refractivity contribution in [2.24, 2.45) is 0 Å². The molecule has 0 aliphatic carbocycles. The Hall–Kier alpha value is -2.05. The van der Waals surface area contributed by atoms with E-state index in [1.807, 2.05) is 30.3 Å². The number of halogens is 2. The second kappa shape index (κ2) is 4.75. The van der Waals surface area contributed by atoms with E-state index < -0.39 is 0 Å². The van der Waals surface area contributed by atoms with Crippen molar-refractivity contribution in [1.29, 1.82) is 0 Å². The Bertz CT molecular complexity index is 982. The van der Waals surface area contributed by atoms with Gasteiger partial charge < -0.3 is 0 Å². The van der Waals surface area contributed by atoms with Crippen LogP contribution < -0.4 is 0 Å². The van der Waals surface area contributed by atoms with Gasteiger partial charge >= 0.3 is 0 Å². The third kappa shape index (κ3) is 2.07. The van der Waals surface area contributed by atoms with E-state index in [4.69, 9.17) is 11.6 Å². The molecule has 1 aromatic carbocycles. The van der Waals surface area contributed by atoms with Gasteiger partial charge in [-0.2, -0.15) is 10.1 Å².